The second-order valence-corrected chi connectivity index (χ2v) is 7.22. The molecule has 2 aliphatic carbocycles. The predicted molar refractivity (Wildman–Crippen MR) is 76.0 cm³/mol. The van der Waals surface area contributed by atoms with Crippen LogP contribution in [-0.4, -0.2) is 0 Å². The number of rotatable bonds is 2. The molecule has 2 rings (SSSR count). The molecule has 0 N–H and O–H groups in total. The first-order valence-electron chi connectivity index (χ1n) is 7.77. The van der Waals surface area contributed by atoms with Gasteiger partial charge in [-0.1, -0.05) is 45.8 Å². The highest BCUT2D eigenvalue weighted by atomic mass is 14.3. The zero-order chi connectivity index (χ0) is 12.3. The summed E-state index contributed by atoms with van der Waals surface area (Å²) in [6.07, 6.45) is 16.6. The van der Waals surface area contributed by atoms with Crippen molar-refractivity contribution >= 4 is 0 Å². The maximum atomic E-state index is 2.58. The Labute approximate surface area is 108 Å². The Morgan fingerprint density at radius 1 is 0.824 bits per heavy atom. The van der Waals surface area contributed by atoms with Crippen molar-refractivity contribution in [2.75, 3.05) is 0 Å². The molecule has 0 bridgehead atoms. The van der Waals surface area contributed by atoms with Crippen LogP contribution in [0, 0.1) is 23.2 Å². The van der Waals surface area contributed by atoms with Crippen molar-refractivity contribution in [1.29, 1.82) is 0 Å². The van der Waals surface area contributed by atoms with Crippen LogP contribution in [0.1, 0.15) is 72.1 Å². The molecule has 0 amide bonds. The van der Waals surface area contributed by atoms with E-state index in [4.69, 9.17) is 0 Å². The number of hydrogen-bond donors (Lipinski definition) is 0. The van der Waals surface area contributed by atoms with E-state index in [2.05, 4.69) is 32.9 Å². The van der Waals surface area contributed by atoms with Gasteiger partial charge in [0, 0.05) is 0 Å². The normalized spacial score (nSPS) is 44.1. The summed E-state index contributed by atoms with van der Waals surface area (Å²) in [7, 11) is 0. The quantitative estimate of drug-likeness (QED) is 0.547. The van der Waals surface area contributed by atoms with Crippen molar-refractivity contribution < 1.29 is 0 Å². The summed E-state index contributed by atoms with van der Waals surface area (Å²) in [4.78, 5) is 0. The summed E-state index contributed by atoms with van der Waals surface area (Å²) in [5.41, 5.74) is 0.523. The van der Waals surface area contributed by atoms with Gasteiger partial charge >= 0.3 is 0 Å². The van der Waals surface area contributed by atoms with Crippen molar-refractivity contribution in [2.45, 2.75) is 72.1 Å². The van der Waals surface area contributed by atoms with Gasteiger partial charge in [0.25, 0.3) is 0 Å². The molecule has 0 heterocycles. The topological polar surface area (TPSA) is 0 Å². The van der Waals surface area contributed by atoms with Crippen molar-refractivity contribution in [3.63, 3.8) is 0 Å². The van der Waals surface area contributed by atoms with E-state index in [-0.39, 0.29) is 0 Å². The standard InChI is InChI=1S/C17H30/c1-14-4-6-16(7-5-14)10-13-17(3)11-8-15(2)9-12-17/h10,13-16H,4-9,11-12H2,1-3H3/b13-10+. The highest BCUT2D eigenvalue weighted by Crippen LogP contribution is 2.40. The summed E-state index contributed by atoms with van der Waals surface area (Å²) in [5, 5.41) is 0. The minimum absolute atomic E-state index is 0.523. The maximum Gasteiger partial charge on any atom is -0.0146 e. The van der Waals surface area contributed by atoms with E-state index in [9.17, 15) is 0 Å². The average molecular weight is 234 g/mol. The molecule has 0 nitrogen and oxygen atoms in total. The zero-order valence-electron chi connectivity index (χ0n) is 12.0. The Hall–Kier alpha value is -0.260. The van der Waals surface area contributed by atoms with Crippen LogP contribution in [0.3, 0.4) is 0 Å². The highest BCUT2D eigenvalue weighted by Gasteiger charge is 2.27. The monoisotopic (exact) mass is 234 g/mol. The fourth-order valence-electron chi connectivity index (χ4n) is 3.43. The predicted octanol–water partition coefficient (Wildman–Crippen LogP) is 5.59. The van der Waals surface area contributed by atoms with Crippen LogP contribution in [0.5, 0.6) is 0 Å². The van der Waals surface area contributed by atoms with Gasteiger partial charge in [-0.05, 0) is 61.7 Å². The molecular weight excluding hydrogens is 204 g/mol. The number of allylic oxidation sites excluding steroid dienone is 2. The second-order valence-electron chi connectivity index (χ2n) is 7.22. The van der Waals surface area contributed by atoms with Crippen LogP contribution in [0.2, 0.25) is 0 Å². The lowest BCUT2D eigenvalue weighted by Crippen LogP contribution is -2.21. The van der Waals surface area contributed by atoms with Gasteiger partial charge in [-0.3, -0.25) is 0 Å². The van der Waals surface area contributed by atoms with Gasteiger partial charge in [0.15, 0.2) is 0 Å². The van der Waals surface area contributed by atoms with Crippen LogP contribution < -0.4 is 0 Å². The molecular formula is C17H30. The van der Waals surface area contributed by atoms with E-state index in [0.717, 1.165) is 17.8 Å². The average Bonchev–Trinajstić information content (AvgIpc) is 2.33. The lowest BCUT2D eigenvalue weighted by Gasteiger charge is -2.34. The fraction of sp³-hybridized carbons (Fsp3) is 0.882. The molecule has 0 spiro atoms. The van der Waals surface area contributed by atoms with Gasteiger partial charge < -0.3 is 0 Å². The first-order valence-corrected chi connectivity index (χ1v) is 7.77. The third-order valence-electron chi connectivity index (χ3n) is 5.25. The fourth-order valence-corrected chi connectivity index (χ4v) is 3.43. The van der Waals surface area contributed by atoms with Crippen molar-refractivity contribution in [2.24, 2.45) is 23.2 Å². The zero-order valence-corrected chi connectivity index (χ0v) is 12.0. The minimum atomic E-state index is 0.523. The van der Waals surface area contributed by atoms with Crippen LogP contribution in [-0.2, 0) is 0 Å². The third kappa shape index (κ3) is 3.86. The van der Waals surface area contributed by atoms with E-state index in [1.54, 1.807) is 0 Å². The Morgan fingerprint density at radius 3 is 1.94 bits per heavy atom. The Kier molecular flexibility index (Phi) is 4.33. The molecule has 0 saturated heterocycles. The summed E-state index contributed by atoms with van der Waals surface area (Å²) >= 11 is 0. The Morgan fingerprint density at radius 2 is 1.35 bits per heavy atom. The van der Waals surface area contributed by atoms with Gasteiger partial charge in [-0.25, -0.2) is 0 Å². The smallest absolute Gasteiger partial charge is 0.0146 e. The summed E-state index contributed by atoms with van der Waals surface area (Å²) in [6.45, 7) is 7.29. The van der Waals surface area contributed by atoms with Crippen LogP contribution in [0.25, 0.3) is 0 Å². The molecule has 0 unspecified atom stereocenters. The minimum Gasteiger partial charge on any atom is -0.0849 e. The lowest BCUT2D eigenvalue weighted by atomic mass is 9.71. The van der Waals surface area contributed by atoms with E-state index in [1.807, 2.05) is 0 Å². The van der Waals surface area contributed by atoms with E-state index in [0.29, 0.717) is 5.41 Å². The maximum absolute atomic E-state index is 2.58. The highest BCUT2D eigenvalue weighted by molar-refractivity contribution is 5.02. The first kappa shape index (κ1) is 13.2. The van der Waals surface area contributed by atoms with Gasteiger partial charge in [-0.15, -0.1) is 0 Å². The Bertz CT molecular complexity index is 247. The molecule has 98 valence electrons. The summed E-state index contributed by atoms with van der Waals surface area (Å²) in [5.74, 6) is 2.83. The van der Waals surface area contributed by atoms with E-state index < -0.39 is 0 Å². The van der Waals surface area contributed by atoms with Crippen molar-refractivity contribution in [3.05, 3.63) is 12.2 Å². The summed E-state index contributed by atoms with van der Waals surface area (Å²) < 4.78 is 0. The molecule has 2 saturated carbocycles. The first-order chi connectivity index (χ1) is 8.07. The van der Waals surface area contributed by atoms with Gasteiger partial charge in [0.05, 0.1) is 0 Å². The molecule has 0 aromatic rings. The van der Waals surface area contributed by atoms with Crippen LogP contribution in [0.15, 0.2) is 12.2 Å². The van der Waals surface area contributed by atoms with Gasteiger partial charge in [-0.2, -0.15) is 0 Å². The molecule has 2 aliphatic rings. The molecule has 0 radical (unpaired) electrons. The third-order valence-corrected chi connectivity index (χ3v) is 5.25. The molecule has 0 aliphatic heterocycles. The molecule has 0 aromatic heterocycles. The van der Waals surface area contributed by atoms with Crippen molar-refractivity contribution in [1.82, 2.24) is 0 Å². The SMILES string of the molecule is CC1CCC(/C=C/C2(C)CCC(C)CC2)CC1. The van der Waals surface area contributed by atoms with Crippen LogP contribution >= 0.6 is 0 Å². The largest absolute Gasteiger partial charge is 0.0849 e. The van der Waals surface area contributed by atoms with Gasteiger partial charge in [0.1, 0.15) is 0 Å². The van der Waals surface area contributed by atoms with E-state index >= 15 is 0 Å². The molecule has 2 fully saturated rings. The lowest BCUT2D eigenvalue weighted by molar-refractivity contribution is 0.231. The number of hydrogen-bond acceptors (Lipinski definition) is 0. The van der Waals surface area contributed by atoms with Crippen LogP contribution in [0.4, 0.5) is 0 Å². The molecule has 17 heavy (non-hydrogen) atoms. The second kappa shape index (κ2) is 5.59. The van der Waals surface area contributed by atoms with Crippen molar-refractivity contribution in [3.8, 4) is 0 Å². The molecule has 0 heteroatoms. The Balaban J connectivity index is 1.83. The van der Waals surface area contributed by atoms with E-state index in [1.165, 1.54) is 51.4 Å². The molecule has 0 aromatic carbocycles. The summed E-state index contributed by atoms with van der Waals surface area (Å²) in [6, 6.07) is 0. The molecule has 0 atom stereocenters. The van der Waals surface area contributed by atoms with Gasteiger partial charge in [0.2, 0.25) is 0 Å².